The summed E-state index contributed by atoms with van der Waals surface area (Å²) in [6.45, 7) is 0.879. The van der Waals surface area contributed by atoms with Gasteiger partial charge in [-0.15, -0.1) is 0 Å². The molecule has 11 heteroatoms. The molecular weight excluding hydrogens is 413 g/mol. The van der Waals surface area contributed by atoms with Gasteiger partial charge in [-0.3, -0.25) is 4.79 Å². The SMILES string of the molecule is O=C(C1CC1(F)F)N(Cc1ccc(-c2noc(C(F)(F)F)n2)cc1)CC1CCCO1. The van der Waals surface area contributed by atoms with Gasteiger partial charge in [-0.2, -0.15) is 18.2 Å². The summed E-state index contributed by atoms with van der Waals surface area (Å²) in [5, 5.41) is 3.32. The van der Waals surface area contributed by atoms with Crippen LogP contribution in [0.25, 0.3) is 11.4 Å². The maximum atomic E-state index is 13.4. The summed E-state index contributed by atoms with van der Waals surface area (Å²) in [5.41, 5.74) is 0.928. The Kier molecular flexibility index (Phi) is 5.25. The minimum Gasteiger partial charge on any atom is -0.376 e. The van der Waals surface area contributed by atoms with Crippen molar-refractivity contribution in [3.8, 4) is 11.4 Å². The van der Waals surface area contributed by atoms with E-state index in [-0.39, 0.29) is 25.0 Å². The smallest absolute Gasteiger partial charge is 0.376 e. The maximum absolute atomic E-state index is 13.4. The standard InChI is InChI=1S/C19H18F5N3O3/c20-18(21)8-14(18)16(28)27(10-13-2-1-7-29-13)9-11-3-5-12(6-4-11)15-25-17(30-26-15)19(22,23)24/h3-6,13-14H,1-2,7-10H2. The van der Waals surface area contributed by atoms with E-state index in [4.69, 9.17) is 4.74 Å². The largest absolute Gasteiger partial charge is 0.471 e. The van der Waals surface area contributed by atoms with E-state index < -0.39 is 36.2 Å². The van der Waals surface area contributed by atoms with Gasteiger partial charge in [-0.05, 0) is 18.4 Å². The van der Waals surface area contributed by atoms with Gasteiger partial charge < -0.3 is 14.2 Å². The number of ether oxygens (including phenoxy) is 1. The summed E-state index contributed by atoms with van der Waals surface area (Å²) in [4.78, 5) is 17.2. The second kappa shape index (κ2) is 7.60. The number of nitrogens with zero attached hydrogens (tertiary/aromatic N) is 3. The molecule has 1 aliphatic heterocycles. The van der Waals surface area contributed by atoms with E-state index in [1.165, 1.54) is 17.0 Å². The Hall–Kier alpha value is -2.56. The Bertz CT molecular complexity index is 907. The predicted octanol–water partition coefficient (Wildman–Crippen LogP) is 3.92. The molecule has 1 saturated heterocycles. The Labute approximate surface area is 168 Å². The summed E-state index contributed by atoms with van der Waals surface area (Å²) in [6, 6.07) is 6.14. The minimum absolute atomic E-state index is 0.0889. The highest BCUT2D eigenvalue weighted by molar-refractivity contribution is 5.83. The zero-order valence-corrected chi connectivity index (χ0v) is 15.7. The third-order valence-corrected chi connectivity index (χ3v) is 5.14. The zero-order valence-electron chi connectivity index (χ0n) is 15.7. The molecule has 0 N–H and O–H groups in total. The number of amides is 1. The van der Waals surface area contributed by atoms with Gasteiger partial charge in [-0.1, -0.05) is 29.4 Å². The van der Waals surface area contributed by atoms with Crippen LogP contribution in [0.4, 0.5) is 22.0 Å². The first-order valence-corrected chi connectivity index (χ1v) is 9.42. The van der Waals surface area contributed by atoms with Crippen LogP contribution < -0.4 is 0 Å². The van der Waals surface area contributed by atoms with Gasteiger partial charge in [0.15, 0.2) is 0 Å². The highest BCUT2D eigenvalue weighted by Gasteiger charge is 2.62. The third kappa shape index (κ3) is 4.45. The van der Waals surface area contributed by atoms with E-state index in [0.29, 0.717) is 17.7 Å². The lowest BCUT2D eigenvalue weighted by Crippen LogP contribution is -2.38. The van der Waals surface area contributed by atoms with E-state index in [1.54, 1.807) is 12.1 Å². The van der Waals surface area contributed by atoms with Gasteiger partial charge in [0.2, 0.25) is 11.7 Å². The molecule has 2 unspecified atom stereocenters. The van der Waals surface area contributed by atoms with Gasteiger partial charge in [0.25, 0.3) is 5.92 Å². The lowest BCUT2D eigenvalue weighted by molar-refractivity contribution is -0.159. The molecule has 4 rings (SSSR count). The van der Waals surface area contributed by atoms with Crippen molar-refractivity contribution in [3.63, 3.8) is 0 Å². The molecule has 0 spiro atoms. The summed E-state index contributed by atoms with van der Waals surface area (Å²) >= 11 is 0. The maximum Gasteiger partial charge on any atom is 0.471 e. The summed E-state index contributed by atoms with van der Waals surface area (Å²) in [7, 11) is 0. The van der Waals surface area contributed by atoms with Crippen molar-refractivity contribution in [2.75, 3.05) is 13.2 Å². The first kappa shape index (κ1) is 20.7. The van der Waals surface area contributed by atoms with Crippen LogP contribution in [0.5, 0.6) is 0 Å². The van der Waals surface area contributed by atoms with E-state index in [1.807, 2.05) is 0 Å². The van der Waals surface area contributed by atoms with Crippen LogP contribution >= 0.6 is 0 Å². The van der Waals surface area contributed by atoms with Gasteiger partial charge in [-0.25, -0.2) is 8.78 Å². The quantitative estimate of drug-likeness (QED) is 0.649. The van der Waals surface area contributed by atoms with E-state index in [2.05, 4.69) is 14.7 Å². The van der Waals surface area contributed by atoms with Crippen LogP contribution in [0.2, 0.25) is 0 Å². The van der Waals surface area contributed by atoms with Gasteiger partial charge in [0.05, 0.1) is 6.10 Å². The van der Waals surface area contributed by atoms with Crippen LogP contribution in [0.1, 0.15) is 30.7 Å². The molecule has 2 atom stereocenters. The highest BCUT2D eigenvalue weighted by atomic mass is 19.4. The lowest BCUT2D eigenvalue weighted by atomic mass is 10.1. The summed E-state index contributed by atoms with van der Waals surface area (Å²) < 4.78 is 74.3. The molecular formula is C19H18F5N3O3. The number of alkyl halides is 5. The van der Waals surface area contributed by atoms with Crippen LogP contribution in [0.3, 0.4) is 0 Å². The molecule has 1 aliphatic carbocycles. The average molecular weight is 431 g/mol. The second-order valence-electron chi connectivity index (χ2n) is 7.49. The van der Waals surface area contributed by atoms with Crippen molar-refractivity contribution in [2.24, 2.45) is 5.92 Å². The van der Waals surface area contributed by atoms with Crippen molar-refractivity contribution >= 4 is 5.91 Å². The summed E-state index contributed by atoms with van der Waals surface area (Å²) in [5.74, 6) is -6.56. The van der Waals surface area contributed by atoms with Crippen LogP contribution in [0.15, 0.2) is 28.8 Å². The van der Waals surface area contributed by atoms with Gasteiger partial charge in [0, 0.05) is 31.7 Å². The van der Waals surface area contributed by atoms with Gasteiger partial charge >= 0.3 is 12.1 Å². The van der Waals surface area contributed by atoms with E-state index in [0.717, 1.165) is 12.8 Å². The number of benzene rings is 1. The molecule has 6 nitrogen and oxygen atoms in total. The first-order chi connectivity index (χ1) is 14.1. The Balaban J connectivity index is 1.47. The predicted molar refractivity (Wildman–Crippen MR) is 92.2 cm³/mol. The molecule has 2 heterocycles. The second-order valence-corrected chi connectivity index (χ2v) is 7.49. The molecule has 0 radical (unpaired) electrons. The Morgan fingerprint density at radius 3 is 2.47 bits per heavy atom. The van der Waals surface area contributed by atoms with Crippen molar-refractivity contribution < 1.29 is 36.0 Å². The van der Waals surface area contributed by atoms with Crippen LogP contribution in [-0.4, -0.2) is 46.1 Å². The minimum atomic E-state index is -4.74. The van der Waals surface area contributed by atoms with Crippen LogP contribution in [0, 0.1) is 5.92 Å². The normalized spacial score (nSPS) is 22.8. The lowest BCUT2D eigenvalue weighted by Gasteiger charge is -2.26. The molecule has 1 aromatic carbocycles. The number of aromatic nitrogens is 2. The first-order valence-electron chi connectivity index (χ1n) is 9.42. The molecule has 30 heavy (non-hydrogen) atoms. The molecule has 1 aromatic heterocycles. The van der Waals surface area contributed by atoms with Crippen molar-refractivity contribution in [1.82, 2.24) is 15.0 Å². The molecule has 2 aromatic rings. The Morgan fingerprint density at radius 1 is 1.23 bits per heavy atom. The molecule has 2 aliphatic rings. The van der Waals surface area contributed by atoms with Crippen molar-refractivity contribution in [1.29, 1.82) is 0 Å². The monoisotopic (exact) mass is 431 g/mol. The van der Waals surface area contributed by atoms with E-state index >= 15 is 0 Å². The number of hydrogen-bond donors (Lipinski definition) is 0. The Morgan fingerprint density at radius 2 is 1.93 bits per heavy atom. The van der Waals surface area contributed by atoms with E-state index in [9.17, 15) is 26.7 Å². The fourth-order valence-corrected chi connectivity index (χ4v) is 3.40. The number of halogens is 5. The van der Waals surface area contributed by atoms with Crippen LogP contribution in [-0.2, 0) is 22.3 Å². The summed E-state index contributed by atoms with van der Waals surface area (Å²) in [6.07, 6.45) is -3.78. The highest BCUT2D eigenvalue weighted by Crippen LogP contribution is 2.49. The van der Waals surface area contributed by atoms with Crippen molar-refractivity contribution in [3.05, 3.63) is 35.7 Å². The average Bonchev–Trinajstić information content (AvgIpc) is 3.12. The zero-order chi connectivity index (χ0) is 21.5. The molecule has 2 fully saturated rings. The van der Waals surface area contributed by atoms with Gasteiger partial charge in [0.1, 0.15) is 5.92 Å². The molecule has 162 valence electrons. The fraction of sp³-hybridized carbons (Fsp3) is 0.526. The molecule has 1 saturated carbocycles. The topological polar surface area (TPSA) is 68.5 Å². The number of rotatable bonds is 6. The number of hydrogen-bond acceptors (Lipinski definition) is 5. The number of carbonyl (C=O) groups excluding carboxylic acids is 1. The fourth-order valence-electron chi connectivity index (χ4n) is 3.40. The molecule has 1 amide bonds. The third-order valence-electron chi connectivity index (χ3n) is 5.14. The molecule has 0 bridgehead atoms. The number of carbonyl (C=O) groups is 1. The van der Waals surface area contributed by atoms with Crippen molar-refractivity contribution in [2.45, 2.75) is 44.0 Å².